The lowest BCUT2D eigenvalue weighted by atomic mass is 10.1. The van der Waals surface area contributed by atoms with Crippen LogP contribution in [0, 0.1) is 0 Å². The Hall–Kier alpha value is -0.580. The van der Waals surface area contributed by atoms with E-state index in [9.17, 15) is 4.79 Å². The molecule has 1 fully saturated rings. The van der Waals surface area contributed by atoms with Crippen LogP contribution >= 0.6 is 23.7 Å². The van der Waals surface area contributed by atoms with Crippen LogP contribution in [0.3, 0.4) is 0 Å². The van der Waals surface area contributed by atoms with E-state index in [1.807, 2.05) is 0 Å². The van der Waals surface area contributed by atoms with Gasteiger partial charge < -0.3 is 10.6 Å². The summed E-state index contributed by atoms with van der Waals surface area (Å²) in [6.07, 6.45) is 9.79. The van der Waals surface area contributed by atoms with Crippen LogP contribution in [0.1, 0.15) is 58.6 Å². The fraction of sp³-hybridized carbons (Fsp3) is 0.688. The second kappa shape index (κ2) is 8.16. The third kappa shape index (κ3) is 4.44. The van der Waals surface area contributed by atoms with Crippen LogP contribution in [0.4, 0.5) is 0 Å². The van der Waals surface area contributed by atoms with Gasteiger partial charge in [-0.15, -0.1) is 23.7 Å². The van der Waals surface area contributed by atoms with Gasteiger partial charge in [-0.3, -0.25) is 4.79 Å². The zero-order valence-electron chi connectivity index (χ0n) is 12.5. The van der Waals surface area contributed by atoms with Crippen molar-refractivity contribution in [2.24, 2.45) is 0 Å². The number of rotatable bonds is 4. The minimum atomic E-state index is 0. The van der Waals surface area contributed by atoms with E-state index < -0.39 is 0 Å². The summed E-state index contributed by atoms with van der Waals surface area (Å²) in [5, 5.41) is 6.55. The van der Waals surface area contributed by atoms with Gasteiger partial charge in [-0.2, -0.15) is 0 Å². The van der Waals surface area contributed by atoms with Crippen molar-refractivity contribution in [1.82, 2.24) is 10.6 Å². The first-order valence-electron chi connectivity index (χ1n) is 7.96. The molecule has 0 radical (unpaired) electrons. The standard InChI is InChI=1S/C16H24N2OS.ClH/c19-16(18-10-8-13-6-4-9-17-13)15-11-12-5-2-1-3-7-14(12)20-15;/h11,13,17H,1-10H2,(H,18,19);1H/t13-;/m1./s1. The highest BCUT2D eigenvalue weighted by Crippen LogP contribution is 2.28. The molecule has 3 nitrogen and oxygen atoms in total. The third-order valence-electron chi connectivity index (χ3n) is 4.41. The molecule has 0 saturated carbocycles. The highest BCUT2D eigenvalue weighted by Gasteiger charge is 2.17. The maximum absolute atomic E-state index is 12.2. The van der Waals surface area contributed by atoms with Crippen LogP contribution in [0.15, 0.2) is 6.07 Å². The molecule has 3 rings (SSSR count). The lowest BCUT2D eigenvalue weighted by Gasteiger charge is -2.10. The third-order valence-corrected chi connectivity index (χ3v) is 5.65. The molecule has 0 aromatic carbocycles. The number of hydrogen-bond donors (Lipinski definition) is 2. The van der Waals surface area contributed by atoms with Crippen LogP contribution in [0.2, 0.25) is 0 Å². The number of carbonyl (C=O) groups is 1. The predicted molar refractivity (Wildman–Crippen MR) is 90.8 cm³/mol. The predicted octanol–water partition coefficient (Wildman–Crippen LogP) is 3.31. The van der Waals surface area contributed by atoms with E-state index in [1.54, 1.807) is 11.3 Å². The molecular weight excluding hydrogens is 304 g/mol. The van der Waals surface area contributed by atoms with Crippen molar-refractivity contribution in [2.75, 3.05) is 13.1 Å². The van der Waals surface area contributed by atoms with Crippen LogP contribution in [0.25, 0.3) is 0 Å². The number of halogens is 1. The summed E-state index contributed by atoms with van der Waals surface area (Å²) in [6, 6.07) is 2.74. The van der Waals surface area contributed by atoms with Gasteiger partial charge in [-0.05, 0) is 63.1 Å². The summed E-state index contributed by atoms with van der Waals surface area (Å²) < 4.78 is 0. The summed E-state index contributed by atoms with van der Waals surface area (Å²) in [7, 11) is 0. The number of amides is 1. The van der Waals surface area contributed by atoms with Crippen molar-refractivity contribution < 1.29 is 4.79 Å². The maximum Gasteiger partial charge on any atom is 0.261 e. The van der Waals surface area contributed by atoms with Crippen LogP contribution in [-0.2, 0) is 12.8 Å². The SMILES string of the molecule is Cl.O=C(NCC[C@H]1CCCN1)c1cc2c(s1)CCCCC2. The number of hydrogen-bond acceptors (Lipinski definition) is 3. The van der Waals surface area contributed by atoms with E-state index in [0.717, 1.165) is 30.8 Å². The molecule has 2 aliphatic rings. The molecule has 1 aliphatic carbocycles. The van der Waals surface area contributed by atoms with E-state index in [1.165, 1.54) is 49.0 Å². The molecular formula is C16H25ClN2OS. The molecule has 1 aromatic heterocycles. The van der Waals surface area contributed by atoms with Crippen LogP contribution in [0.5, 0.6) is 0 Å². The van der Waals surface area contributed by atoms with Crippen molar-refractivity contribution in [3.63, 3.8) is 0 Å². The first-order chi connectivity index (χ1) is 9.83. The molecule has 0 bridgehead atoms. The van der Waals surface area contributed by atoms with Crippen molar-refractivity contribution in [3.05, 3.63) is 21.4 Å². The van der Waals surface area contributed by atoms with E-state index in [2.05, 4.69) is 16.7 Å². The number of fused-ring (bicyclic) bond motifs is 1. The second-order valence-corrected chi connectivity index (χ2v) is 7.09. The van der Waals surface area contributed by atoms with Crippen molar-refractivity contribution in [3.8, 4) is 0 Å². The van der Waals surface area contributed by atoms with Gasteiger partial charge in [-0.25, -0.2) is 0 Å². The van der Waals surface area contributed by atoms with E-state index in [-0.39, 0.29) is 18.3 Å². The summed E-state index contributed by atoms with van der Waals surface area (Å²) >= 11 is 1.71. The Morgan fingerprint density at radius 2 is 2.14 bits per heavy atom. The highest BCUT2D eigenvalue weighted by atomic mass is 35.5. The maximum atomic E-state index is 12.2. The lowest BCUT2D eigenvalue weighted by Crippen LogP contribution is -2.30. The van der Waals surface area contributed by atoms with Crippen molar-refractivity contribution in [2.45, 2.75) is 57.4 Å². The number of aryl methyl sites for hydroxylation is 2. The Labute approximate surface area is 137 Å². The molecule has 21 heavy (non-hydrogen) atoms. The van der Waals surface area contributed by atoms with Crippen molar-refractivity contribution in [1.29, 1.82) is 0 Å². The van der Waals surface area contributed by atoms with Crippen LogP contribution in [-0.4, -0.2) is 25.0 Å². The fourth-order valence-corrected chi connectivity index (χ4v) is 4.40. The Kier molecular flexibility index (Phi) is 6.52. The Morgan fingerprint density at radius 3 is 2.95 bits per heavy atom. The molecule has 1 aromatic rings. The zero-order valence-corrected chi connectivity index (χ0v) is 14.1. The molecule has 118 valence electrons. The molecule has 5 heteroatoms. The zero-order chi connectivity index (χ0) is 13.8. The number of nitrogens with one attached hydrogen (secondary N) is 2. The van der Waals surface area contributed by atoms with Gasteiger partial charge in [0.25, 0.3) is 5.91 Å². The van der Waals surface area contributed by atoms with Gasteiger partial charge in [0.15, 0.2) is 0 Å². The summed E-state index contributed by atoms with van der Waals surface area (Å²) in [4.78, 5) is 14.6. The van der Waals surface area contributed by atoms with Gasteiger partial charge in [0.1, 0.15) is 0 Å². The Bertz CT molecular complexity index is 445. The molecule has 2 N–H and O–H groups in total. The second-order valence-electron chi connectivity index (χ2n) is 5.96. The fourth-order valence-electron chi connectivity index (χ4n) is 3.23. The minimum Gasteiger partial charge on any atom is -0.351 e. The monoisotopic (exact) mass is 328 g/mol. The van der Waals surface area contributed by atoms with E-state index in [0.29, 0.717) is 6.04 Å². The minimum absolute atomic E-state index is 0. The molecule has 0 spiro atoms. The average Bonchev–Trinajstić information content (AvgIpc) is 3.05. The topological polar surface area (TPSA) is 41.1 Å². The first kappa shape index (κ1) is 16.8. The van der Waals surface area contributed by atoms with Gasteiger partial charge >= 0.3 is 0 Å². The molecule has 0 unspecified atom stereocenters. The van der Waals surface area contributed by atoms with E-state index >= 15 is 0 Å². The largest absolute Gasteiger partial charge is 0.351 e. The summed E-state index contributed by atoms with van der Waals surface area (Å²) in [5.41, 5.74) is 1.43. The average molecular weight is 329 g/mol. The number of thiophene rings is 1. The number of carbonyl (C=O) groups excluding carboxylic acids is 1. The van der Waals surface area contributed by atoms with E-state index in [4.69, 9.17) is 0 Å². The molecule has 1 saturated heterocycles. The lowest BCUT2D eigenvalue weighted by molar-refractivity contribution is 0.0956. The molecule has 1 atom stereocenters. The Balaban J connectivity index is 0.00000161. The summed E-state index contributed by atoms with van der Waals surface area (Å²) in [6.45, 7) is 1.93. The van der Waals surface area contributed by atoms with Crippen LogP contribution < -0.4 is 10.6 Å². The first-order valence-corrected chi connectivity index (χ1v) is 8.78. The molecule has 1 aliphatic heterocycles. The Morgan fingerprint density at radius 1 is 1.29 bits per heavy atom. The summed E-state index contributed by atoms with van der Waals surface area (Å²) in [5.74, 6) is 0.126. The molecule has 2 heterocycles. The van der Waals surface area contributed by atoms with Gasteiger partial charge in [0, 0.05) is 17.5 Å². The smallest absolute Gasteiger partial charge is 0.261 e. The van der Waals surface area contributed by atoms with Gasteiger partial charge in [-0.1, -0.05) is 6.42 Å². The normalized spacial score (nSPS) is 21.2. The van der Waals surface area contributed by atoms with Gasteiger partial charge in [0.05, 0.1) is 4.88 Å². The quantitative estimate of drug-likeness (QED) is 0.833. The highest BCUT2D eigenvalue weighted by molar-refractivity contribution is 7.14. The van der Waals surface area contributed by atoms with Crippen molar-refractivity contribution >= 4 is 29.7 Å². The van der Waals surface area contributed by atoms with Gasteiger partial charge in [0.2, 0.25) is 0 Å². The molecule has 1 amide bonds.